The first-order valence-electron chi connectivity index (χ1n) is 8.57. The maximum Gasteiger partial charge on any atom is 0.271 e. The zero-order valence-corrected chi connectivity index (χ0v) is 13.9. The Morgan fingerprint density at radius 2 is 2.17 bits per heavy atom. The van der Waals surface area contributed by atoms with Crippen molar-refractivity contribution in [3.05, 3.63) is 35.8 Å². The van der Waals surface area contributed by atoms with E-state index in [1.807, 2.05) is 7.05 Å². The van der Waals surface area contributed by atoms with Crippen molar-refractivity contribution in [2.75, 3.05) is 18.0 Å². The Hall–Kier alpha value is -2.44. The Morgan fingerprint density at radius 3 is 3.00 bits per heavy atom. The second kappa shape index (κ2) is 6.22. The highest BCUT2D eigenvalue weighted by Gasteiger charge is 2.27. The zero-order chi connectivity index (χ0) is 16.5. The van der Waals surface area contributed by atoms with E-state index in [1.165, 1.54) is 11.3 Å². The van der Waals surface area contributed by atoms with E-state index in [1.54, 1.807) is 23.4 Å². The molecule has 0 aromatic carbocycles. The number of imidazole rings is 1. The van der Waals surface area contributed by atoms with Crippen molar-refractivity contribution in [2.24, 2.45) is 7.05 Å². The summed E-state index contributed by atoms with van der Waals surface area (Å²) in [5, 5.41) is 3.12. The monoisotopic (exact) mass is 326 g/mol. The first-order valence-corrected chi connectivity index (χ1v) is 8.57. The lowest BCUT2D eigenvalue weighted by atomic mass is 10.0. The Morgan fingerprint density at radius 1 is 1.25 bits per heavy atom. The van der Waals surface area contributed by atoms with E-state index < -0.39 is 0 Å². The normalized spacial score (nSPS) is 20.0. The van der Waals surface area contributed by atoms with Gasteiger partial charge in [0.2, 0.25) is 0 Å². The van der Waals surface area contributed by atoms with Crippen LogP contribution in [-0.2, 0) is 19.9 Å². The van der Waals surface area contributed by atoms with Crippen molar-refractivity contribution in [3.8, 4) is 0 Å². The molecule has 0 bridgehead atoms. The van der Waals surface area contributed by atoms with Crippen molar-refractivity contribution in [1.82, 2.24) is 24.8 Å². The van der Waals surface area contributed by atoms with Gasteiger partial charge in [-0.2, -0.15) is 0 Å². The van der Waals surface area contributed by atoms with Gasteiger partial charge in [-0.25, -0.2) is 15.0 Å². The van der Waals surface area contributed by atoms with Gasteiger partial charge in [-0.3, -0.25) is 4.79 Å². The fraction of sp³-hybridized carbons (Fsp3) is 0.529. The summed E-state index contributed by atoms with van der Waals surface area (Å²) in [6.45, 7) is 1.78. The molecule has 4 rings (SSSR count). The Kier molecular flexibility index (Phi) is 3.92. The molecular weight excluding hydrogens is 304 g/mol. The van der Waals surface area contributed by atoms with Gasteiger partial charge in [0.05, 0.1) is 6.33 Å². The molecule has 1 aliphatic carbocycles. The summed E-state index contributed by atoms with van der Waals surface area (Å²) in [7, 11) is 1.86. The zero-order valence-electron chi connectivity index (χ0n) is 13.9. The van der Waals surface area contributed by atoms with Crippen molar-refractivity contribution < 1.29 is 4.79 Å². The van der Waals surface area contributed by atoms with Crippen molar-refractivity contribution in [3.63, 3.8) is 0 Å². The molecule has 1 atom stereocenters. The maximum absolute atomic E-state index is 12.3. The van der Waals surface area contributed by atoms with Gasteiger partial charge < -0.3 is 14.8 Å². The van der Waals surface area contributed by atoms with Gasteiger partial charge >= 0.3 is 0 Å². The number of hydrogen-bond acceptors (Lipinski definition) is 5. The van der Waals surface area contributed by atoms with E-state index in [0.717, 1.165) is 51.0 Å². The third-order valence-electron chi connectivity index (χ3n) is 4.85. The first kappa shape index (κ1) is 15.1. The molecule has 2 aliphatic rings. The summed E-state index contributed by atoms with van der Waals surface area (Å²) < 4.78 is 1.78. The van der Waals surface area contributed by atoms with Crippen LogP contribution in [0.15, 0.2) is 18.9 Å². The number of anilines is 1. The van der Waals surface area contributed by atoms with Crippen LogP contribution in [0.1, 0.15) is 41.0 Å². The molecule has 1 saturated heterocycles. The molecule has 3 heterocycles. The van der Waals surface area contributed by atoms with E-state index in [2.05, 4.69) is 25.2 Å². The smallest absolute Gasteiger partial charge is 0.271 e. The molecule has 0 saturated carbocycles. The minimum absolute atomic E-state index is 0.102. The summed E-state index contributed by atoms with van der Waals surface area (Å²) in [6.07, 6.45) is 10.4. The summed E-state index contributed by atoms with van der Waals surface area (Å²) in [6, 6.07) is 0.125. The van der Waals surface area contributed by atoms with Crippen LogP contribution in [0.4, 0.5) is 5.82 Å². The molecule has 0 spiro atoms. The van der Waals surface area contributed by atoms with Crippen LogP contribution in [0.2, 0.25) is 0 Å². The van der Waals surface area contributed by atoms with Gasteiger partial charge in [0.1, 0.15) is 17.8 Å². The average molecular weight is 326 g/mol. The third-order valence-corrected chi connectivity index (χ3v) is 4.85. The van der Waals surface area contributed by atoms with Crippen LogP contribution in [0.25, 0.3) is 0 Å². The molecule has 1 aliphatic heterocycles. The fourth-order valence-corrected chi connectivity index (χ4v) is 3.69. The third kappa shape index (κ3) is 2.86. The average Bonchev–Trinajstić information content (AvgIpc) is 3.23. The summed E-state index contributed by atoms with van der Waals surface area (Å²) in [5.41, 5.74) is 2.96. The minimum atomic E-state index is -0.102. The number of carbonyl (C=O) groups is 1. The van der Waals surface area contributed by atoms with Crippen LogP contribution < -0.4 is 10.2 Å². The van der Waals surface area contributed by atoms with E-state index in [-0.39, 0.29) is 11.9 Å². The molecule has 1 fully saturated rings. The lowest BCUT2D eigenvalue weighted by Gasteiger charge is -2.34. The number of hydrogen-bond donors (Lipinski definition) is 1. The van der Waals surface area contributed by atoms with Crippen LogP contribution in [0.5, 0.6) is 0 Å². The number of piperidine rings is 1. The molecule has 1 N–H and O–H groups in total. The standard InChI is InChI=1S/C17H22N6O/c1-22-9-15(20-11-22)17(24)21-12-4-3-7-23(8-12)16-13-5-2-6-14(13)18-10-19-16/h9-12H,2-8H2,1H3,(H,21,24). The SMILES string of the molecule is Cn1cnc(C(=O)NC2CCCN(c3ncnc4c3CCC4)C2)c1. The largest absolute Gasteiger partial charge is 0.354 e. The lowest BCUT2D eigenvalue weighted by molar-refractivity contribution is 0.0928. The van der Waals surface area contributed by atoms with Crippen molar-refractivity contribution in [2.45, 2.75) is 38.1 Å². The van der Waals surface area contributed by atoms with E-state index >= 15 is 0 Å². The van der Waals surface area contributed by atoms with E-state index in [0.29, 0.717) is 5.69 Å². The second-order valence-electron chi connectivity index (χ2n) is 6.66. The summed E-state index contributed by atoms with van der Waals surface area (Å²) in [5.74, 6) is 0.963. The molecule has 2 aromatic heterocycles. The summed E-state index contributed by atoms with van der Waals surface area (Å²) in [4.78, 5) is 27.7. The fourth-order valence-electron chi connectivity index (χ4n) is 3.69. The first-order chi connectivity index (χ1) is 11.7. The number of nitrogens with zero attached hydrogens (tertiary/aromatic N) is 5. The van der Waals surface area contributed by atoms with Crippen molar-refractivity contribution >= 4 is 11.7 Å². The number of nitrogens with one attached hydrogen (secondary N) is 1. The molecule has 1 unspecified atom stereocenters. The molecule has 7 heteroatoms. The maximum atomic E-state index is 12.3. The molecular formula is C17H22N6O. The topological polar surface area (TPSA) is 75.9 Å². The van der Waals surface area contributed by atoms with Crippen LogP contribution in [0.3, 0.4) is 0 Å². The number of fused-ring (bicyclic) bond motifs is 1. The molecule has 7 nitrogen and oxygen atoms in total. The Balaban J connectivity index is 1.46. The van der Waals surface area contributed by atoms with Gasteiger partial charge in [0, 0.05) is 43.6 Å². The Bertz CT molecular complexity index is 755. The molecule has 2 aromatic rings. The number of amides is 1. The predicted molar refractivity (Wildman–Crippen MR) is 90.0 cm³/mol. The molecule has 1 amide bonds. The Labute approximate surface area is 141 Å². The van der Waals surface area contributed by atoms with E-state index in [9.17, 15) is 4.79 Å². The van der Waals surface area contributed by atoms with Gasteiger partial charge in [0.15, 0.2) is 0 Å². The quantitative estimate of drug-likeness (QED) is 0.914. The molecule has 24 heavy (non-hydrogen) atoms. The summed E-state index contributed by atoms with van der Waals surface area (Å²) >= 11 is 0. The highest BCUT2D eigenvalue weighted by Crippen LogP contribution is 2.29. The number of aromatic nitrogens is 4. The van der Waals surface area contributed by atoms with Gasteiger partial charge in [-0.1, -0.05) is 0 Å². The highest BCUT2D eigenvalue weighted by molar-refractivity contribution is 5.92. The minimum Gasteiger partial charge on any atom is -0.354 e. The van der Waals surface area contributed by atoms with Crippen LogP contribution in [0, 0.1) is 0 Å². The van der Waals surface area contributed by atoms with Gasteiger partial charge in [0.25, 0.3) is 5.91 Å². The molecule has 126 valence electrons. The van der Waals surface area contributed by atoms with Crippen LogP contribution >= 0.6 is 0 Å². The lowest BCUT2D eigenvalue weighted by Crippen LogP contribution is -2.48. The van der Waals surface area contributed by atoms with E-state index in [4.69, 9.17) is 0 Å². The highest BCUT2D eigenvalue weighted by atomic mass is 16.2. The molecule has 0 radical (unpaired) electrons. The number of rotatable bonds is 3. The van der Waals surface area contributed by atoms with Crippen molar-refractivity contribution in [1.29, 1.82) is 0 Å². The van der Waals surface area contributed by atoms with Crippen LogP contribution in [-0.4, -0.2) is 44.6 Å². The number of carbonyl (C=O) groups excluding carboxylic acids is 1. The van der Waals surface area contributed by atoms with Gasteiger partial charge in [-0.15, -0.1) is 0 Å². The predicted octanol–water partition coefficient (Wildman–Crippen LogP) is 1.10. The second-order valence-corrected chi connectivity index (χ2v) is 6.66. The van der Waals surface area contributed by atoms with Gasteiger partial charge in [-0.05, 0) is 32.1 Å². The number of aryl methyl sites for hydroxylation is 2.